The van der Waals surface area contributed by atoms with Crippen molar-refractivity contribution >= 4 is 11.3 Å². The molecule has 1 atom stereocenters. The molecule has 4 heteroatoms. The molecule has 1 aromatic rings. The van der Waals surface area contributed by atoms with E-state index in [2.05, 4.69) is 28.3 Å². The summed E-state index contributed by atoms with van der Waals surface area (Å²) in [4.78, 5) is 8.71. The van der Waals surface area contributed by atoms with E-state index in [1.807, 2.05) is 18.4 Å². The number of piperidine rings is 1. The molecule has 1 N–H and O–H groups in total. The highest BCUT2D eigenvalue weighted by molar-refractivity contribution is 7.11. The van der Waals surface area contributed by atoms with E-state index in [1.165, 1.54) is 55.1 Å². The van der Waals surface area contributed by atoms with Crippen molar-refractivity contribution in [2.75, 3.05) is 26.7 Å². The number of nitrogens with zero attached hydrogens (tertiary/aromatic N) is 2. The second-order valence-corrected chi connectivity index (χ2v) is 6.61. The molecule has 0 amide bonds. The van der Waals surface area contributed by atoms with Crippen LogP contribution in [0.15, 0.2) is 6.20 Å². The summed E-state index contributed by atoms with van der Waals surface area (Å²) >= 11 is 1.92. The Morgan fingerprint density at radius 3 is 3.16 bits per heavy atom. The van der Waals surface area contributed by atoms with Gasteiger partial charge in [0.1, 0.15) is 0 Å². The summed E-state index contributed by atoms with van der Waals surface area (Å²) in [7, 11) is 2.01. The van der Waals surface area contributed by atoms with E-state index in [0.29, 0.717) is 0 Å². The van der Waals surface area contributed by atoms with Crippen molar-refractivity contribution in [3.05, 3.63) is 16.1 Å². The molecule has 108 valence electrons. The minimum Gasteiger partial charge on any atom is -0.320 e. The molecule has 1 fully saturated rings. The second kappa shape index (κ2) is 7.98. The van der Waals surface area contributed by atoms with Crippen LogP contribution in [-0.4, -0.2) is 42.6 Å². The third-order valence-corrected chi connectivity index (χ3v) is 5.10. The van der Waals surface area contributed by atoms with E-state index >= 15 is 0 Å². The molecular formula is C15H27N3S. The molecule has 0 aromatic carbocycles. The van der Waals surface area contributed by atoms with Crippen LogP contribution in [0.2, 0.25) is 0 Å². The van der Waals surface area contributed by atoms with Gasteiger partial charge in [0.15, 0.2) is 0 Å². The summed E-state index contributed by atoms with van der Waals surface area (Å²) in [6, 6.07) is 0.732. The van der Waals surface area contributed by atoms with Crippen molar-refractivity contribution in [1.82, 2.24) is 15.2 Å². The van der Waals surface area contributed by atoms with Gasteiger partial charge in [-0.05, 0) is 52.4 Å². The van der Waals surface area contributed by atoms with Crippen LogP contribution in [0.5, 0.6) is 0 Å². The minimum absolute atomic E-state index is 0.732. The van der Waals surface area contributed by atoms with Crippen molar-refractivity contribution in [3.63, 3.8) is 0 Å². The first kappa shape index (κ1) is 14.9. The first-order valence-corrected chi connectivity index (χ1v) is 8.47. The smallest absolute Gasteiger partial charge is 0.0943 e. The first-order valence-electron chi connectivity index (χ1n) is 7.65. The Hall–Kier alpha value is -0.450. The van der Waals surface area contributed by atoms with Crippen LogP contribution in [0.4, 0.5) is 0 Å². The number of nitrogens with one attached hydrogen (secondary N) is 1. The molecule has 0 bridgehead atoms. The van der Waals surface area contributed by atoms with Gasteiger partial charge in [-0.3, -0.25) is 0 Å². The van der Waals surface area contributed by atoms with Gasteiger partial charge in [0.25, 0.3) is 0 Å². The molecule has 2 rings (SSSR count). The summed E-state index contributed by atoms with van der Waals surface area (Å²) in [5, 5.41) is 4.54. The molecule has 3 nitrogen and oxygen atoms in total. The summed E-state index contributed by atoms with van der Waals surface area (Å²) in [6.07, 6.45) is 9.74. The molecule has 1 saturated heterocycles. The number of likely N-dealkylation sites (tertiary alicyclic amines) is 1. The van der Waals surface area contributed by atoms with Crippen LogP contribution in [0, 0.1) is 0 Å². The number of thiazole rings is 1. The van der Waals surface area contributed by atoms with E-state index in [1.54, 1.807) is 0 Å². The van der Waals surface area contributed by atoms with Crippen LogP contribution < -0.4 is 5.32 Å². The highest BCUT2D eigenvalue weighted by Crippen LogP contribution is 2.23. The molecule has 1 aliphatic heterocycles. The standard InChI is InChI=1S/C15H27N3S/c1-3-18-10-5-4-7-13(18)11-15-17-12-14(19-15)8-6-9-16-2/h12-13,16H,3-11H2,1-2H3. The molecule has 1 unspecified atom stereocenters. The normalized spacial score (nSPS) is 20.8. The van der Waals surface area contributed by atoms with Crippen LogP contribution in [0.25, 0.3) is 0 Å². The third-order valence-electron chi connectivity index (χ3n) is 4.02. The second-order valence-electron chi connectivity index (χ2n) is 5.41. The zero-order valence-corrected chi connectivity index (χ0v) is 13.1. The Kier molecular flexibility index (Phi) is 6.28. The lowest BCUT2D eigenvalue weighted by molar-refractivity contribution is 0.155. The van der Waals surface area contributed by atoms with E-state index in [0.717, 1.165) is 19.0 Å². The minimum atomic E-state index is 0.732. The van der Waals surface area contributed by atoms with Gasteiger partial charge in [-0.1, -0.05) is 13.3 Å². The highest BCUT2D eigenvalue weighted by atomic mass is 32.1. The van der Waals surface area contributed by atoms with Crippen molar-refractivity contribution in [2.45, 2.75) is 51.5 Å². The van der Waals surface area contributed by atoms with Gasteiger partial charge in [-0.2, -0.15) is 0 Å². The van der Waals surface area contributed by atoms with Gasteiger partial charge in [0.05, 0.1) is 5.01 Å². The fraction of sp³-hybridized carbons (Fsp3) is 0.800. The van der Waals surface area contributed by atoms with Crippen LogP contribution >= 0.6 is 11.3 Å². The quantitative estimate of drug-likeness (QED) is 0.779. The number of hydrogen-bond acceptors (Lipinski definition) is 4. The Morgan fingerprint density at radius 2 is 2.37 bits per heavy atom. The van der Waals surface area contributed by atoms with Crippen molar-refractivity contribution in [3.8, 4) is 0 Å². The Morgan fingerprint density at radius 1 is 1.47 bits per heavy atom. The van der Waals surface area contributed by atoms with Crippen LogP contribution in [0.1, 0.15) is 42.5 Å². The van der Waals surface area contributed by atoms with Crippen molar-refractivity contribution in [1.29, 1.82) is 0 Å². The number of rotatable bonds is 7. The molecule has 1 aromatic heterocycles. The van der Waals surface area contributed by atoms with E-state index in [4.69, 9.17) is 0 Å². The van der Waals surface area contributed by atoms with Gasteiger partial charge in [-0.15, -0.1) is 11.3 Å². The monoisotopic (exact) mass is 281 g/mol. The Bertz CT molecular complexity index is 364. The largest absolute Gasteiger partial charge is 0.320 e. The number of aryl methyl sites for hydroxylation is 1. The zero-order valence-electron chi connectivity index (χ0n) is 12.3. The molecule has 0 spiro atoms. The molecule has 19 heavy (non-hydrogen) atoms. The topological polar surface area (TPSA) is 28.2 Å². The van der Waals surface area contributed by atoms with Crippen molar-refractivity contribution in [2.24, 2.45) is 0 Å². The maximum Gasteiger partial charge on any atom is 0.0943 e. The summed E-state index contributed by atoms with van der Waals surface area (Å²) in [5.41, 5.74) is 0. The van der Waals surface area contributed by atoms with Crippen molar-refractivity contribution < 1.29 is 0 Å². The lowest BCUT2D eigenvalue weighted by Crippen LogP contribution is -2.40. The van der Waals surface area contributed by atoms with Crippen LogP contribution in [0.3, 0.4) is 0 Å². The van der Waals surface area contributed by atoms with Crippen LogP contribution in [-0.2, 0) is 12.8 Å². The average Bonchev–Trinajstić information content (AvgIpc) is 2.87. The zero-order chi connectivity index (χ0) is 13.5. The number of likely N-dealkylation sites (N-methyl/N-ethyl adjacent to an activating group) is 1. The average molecular weight is 281 g/mol. The summed E-state index contributed by atoms with van der Waals surface area (Å²) in [5.74, 6) is 0. The third kappa shape index (κ3) is 4.55. The highest BCUT2D eigenvalue weighted by Gasteiger charge is 2.22. The van der Waals surface area contributed by atoms with E-state index < -0.39 is 0 Å². The van der Waals surface area contributed by atoms with Gasteiger partial charge in [0.2, 0.25) is 0 Å². The predicted octanol–water partition coefficient (Wildman–Crippen LogP) is 2.71. The predicted molar refractivity (Wildman–Crippen MR) is 83.0 cm³/mol. The molecular weight excluding hydrogens is 254 g/mol. The van der Waals surface area contributed by atoms with E-state index in [-0.39, 0.29) is 0 Å². The van der Waals surface area contributed by atoms with Gasteiger partial charge in [0, 0.05) is 23.5 Å². The summed E-state index contributed by atoms with van der Waals surface area (Å²) < 4.78 is 0. The van der Waals surface area contributed by atoms with E-state index in [9.17, 15) is 0 Å². The molecule has 1 aliphatic rings. The SMILES string of the molecule is CCN1CCCCC1Cc1ncc(CCCNC)s1. The maximum absolute atomic E-state index is 4.63. The van der Waals surface area contributed by atoms with Gasteiger partial charge >= 0.3 is 0 Å². The fourth-order valence-electron chi connectivity index (χ4n) is 2.91. The lowest BCUT2D eigenvalue weighted by Gasteiger charge is -2.34. The summed E-state index contributed by atoms with van der Waals surface area (Å²) in [6.45, 7) is 5.84. The fourth-order valence-corrected chi connectivity index (χ4v) is 3.94. The van der Waals surface area contributed by atoms with Gasteiger partial charge in [-0.25, -0.2) is 4.98 Å². The van der Waals surface area contributed by atoms with Gasteiger partial charge < -0.3 is 10.2 Å². The first-order chi connectivity index (χ1) is 9.33. The number of aromatic nitrogens is 1. The lowest BCUT2D eigenvalue weighted by atomic mass is 10.00. The molecule has 2 heterocycles. The Balaban J connectivity index is 1.84. The number of hydrogen-bond donors (Lipinski definition) is 1. The molecule has 0 aliphatic carbocycles. The Labute approximate surface area is 121 Å². The maximum atomic E-state index is 4.63. The molecule has 0 radical (unpaired) electrons. The molecule has 0 saturated carbocycles.